The second-order valence-electron chi connectivity index (χ2n) is 6.71. The number of benzene rings is 1. The van der Waals surface area contributed by atoms with Crippen LogP contribution >= 0.6 is 0 Å². The SMILES string of the molecule is O=C(C=Cc1ccco1)N1CCC(CNS(=O)(=O)Cc2ccccc2)CC1. The Balaban J connectivity index is 1.42. The lowest BCUT2D eigenvalue weighted by Crippen LogP contribution is -2.41. The monoisotopic (exact) mass is 388 g/mol. The number of amides is 1. The van der Waals surface area contributed by atoms with Crippen molar-refractivity contribution in [3.63, 3.8) is 0 Å². The highest BCUT2D eigenvalue weighted by Crippen LogP contribution is 2.17. The summed E-state index contributed by atoms with van der Waals surface area (Å²) in [5.74, 6) is 0.831. The third-order valence-electron chi connectivity index (χ3n) is 4.65. The average Bonchev–Trinajstić information content (AvgIpc) is 3.19. The van der Waals surface area contributed by atoms with E-state index in [1.165, 1.54) is 6.08 Å². The molecule has 3 rings (SSSR count). The van der Waals surface area contributed by atoms with Crippen molar-refractivity contribution < 1.29 is 17.6 Å². The van der Waals surface area contributed by atoms with E-state index in [0.29, 0.717) is 25.4 Å². The Bertz CT molecular complexity index is 853. The standard InChI is InChI=1S/C20H24N2O4S/c23-20(9-8-19-7-4-14-26-19)22-12-10-17(11-13-22)15-21-27(24,25)16-18-5-2-1-3-6-18/h1-9,14,17,21H,10-13,15-16H2. The van der Waals surface area contributed by atoms with Gasteiger partial charge in [0.25, 0.3) is 0 Å². The summed E-state index contributed by atoms with van der Waals surface area (Å²) in [6, 6.07) is 12.7. The first kappa shape index (κ1) is 19.4. The zero-order valence-electron chi connectivity index (χ0n) is 15.1. The van der Waals surface area contributed by atoms with Gasteiger partial charge in [0.1, 0.15) is 5.76 Å². The van der Waals surface area contributed by atoms with Crippen molar-refractivity contribution in [1.29, 1.82) is 0 Å². The number of hydrogen-bond acceptors (Lipinski definition) is 4. The average molecular weight is 388 g/mol. The number of furan rings is 1. The van der Waals surface area contributed by atoms with Crippen LogP contribution in [0.5, 0.6) is 0 Å². The van der Waals surface area contributed by atoms with Crippen LogP contribution in [-0.4, -0.2) is 38.9 Å². The molecule has 2 heterocycles. The second-order valence-corrected chi connectivity index (χ2v) is 8.52. The third-order valence-corrected chi connectivity index (χ3v) is 5.97. The maximum absolute atomic E-state index is 12.2. The lowest BCUT2D eigenvalue weighted by atomic mass is 9.97. The van der Waals surface area contributed by atoms with E-state index in [0.717, 1.165) is 18.4 Å². The predicted octanol–water partition coefficient (Wildman–Crippen LogP) is 2.65. The fourth-order valence-corrected chi connectivity index (χ4v) is 4.31. The van der Waals surface area contributed by atoms with Gasteiger partial charge in [0.05, 0.1) is 12.0 Å². The number of likely N-dealkylation sites (tertiary alicyclic amines) is 1. The van der Waals surface area contributed by atoms with Crippen molar-refractivity contribution in [1.82, 2.24) is 9.62 Å². The van der Waals surface area contributed by atoms with Crippen molar-refractivity contribution in [2.24, 2.45) is 5.92 Å². The Labute approximate surface area is 159 Å². The molecule has 1 aromatic carbocycles. The summed E-state index contributed by atoms with van der Waals surface area (Å²) in [6.07, 6.45) is 6.31. The molecule has 1 amide bonds. The highest BCUT2D eigenvalue weighted by molar-refractivity contribution is 7.88. The van der Waals surface area contributed by atoms with E-state index in [4.69, 9.17) is 4.42 Å². The number of sulfonamides is 1. The van der Waals surface area contributed by atoms with Gasteiger partial charge >= 0.3 is 0 Å². The molecular weight excluding hydrogens is 364 g/mol. The van der Waals surface area contributed by atoms with Gasteiger partial charge in [0.2, 0.25) is 15.9 Å². The number of hydrogen-bond donors (Lipinski definition) is 1. The normalized spacial score (nSPS) is 16.1. The van der Waals surface area contributed by atoms with Crippen LogP contribution < -0.4 is 4.72 Å². The lowest BCUT2D eigenvalue weighted by Gasteiger charge is -2.31. The number of rotatable bonds is 7. The molecule has 0 spiro atoms. The molecule has 1 aromatic heterocycles. The molecule has 1 saturated heterocycles. The first-order valence-corrected chi connectivity index (χ1v) is 10.7. The molecule has 0 bridgehead atoms. The molecule has 144 valence electrons. The molecule has 7 heteroatoms. The van der Waals surface area contributed by atoms with Crippen molar-refractivity contribution in [3.8, 4) is 0 Å². The van der Waals surface area contributed by atoms with Gasteiger partial charge in [-0.1, -0.05) is 30.3 Å². The van der Waals surface area contributed by atoms with Gasteiger partial charge in [-0.25, -0.2) is 13.1 Å². The number of nitrogens with one attached hydrogen (secondary N) is 1. The first-order valence-electron chi connectivity index (χ1n) is 9.03. The third kappa shape index (κ3) is 6.08. The lowest BCUT2D eigenvalue weighted by molar-refractivity contribution is -0.127. The van der Waals surface area contributed by atoms with Crippen LogP contribution in [0.4, 0.5) is 0 Å². The Morgan fingerprint density at radius 1 is 1.15 bits per heavy atom. The molecule has 0 aliphatic carbocycles. The van der Waals surface area contributed by atoms with Crippen LogP contribution in [0.25, 0.3) is 6.08 Å². The Morgan fingerprint density at radius 3 is 2.56 bits per heavy atom. The maximum Gasteiger partial charge on any atom is 0.246 e. The fraction of sp³-hybridized carbons (Fsp3) is 0.350. The summed E-state index contributed by atoms with van der Waals surface area (Å²) in [5, 5.41) is 0. The number of carbonyl (C=O) groups is 1. The number of nitrogens with zero attached hydrogens (tertiary/aromatic N) is 1. The van der Waals surface area contributed by atoms with E-state index in [1.54, 1.807) is 41.5 Å². The minimum absolute atomic E-state index is 0.0112. The zero-order chi connectivity index (χ0) is 19.1. The van der Waals surface area contributed by atoms with Crippen molar-refractivity contribution in [3.05, 3.63) is 66.1 Å². The van der Waals surface area contributed by atoms with Crippen LogP contribution in [0.2, 0.25) is 0 Å². The van der Waals surface area contributed by atoms with Gasteiger partial charge in [-0.2, -0.15) is 0 Å². The molecule has 0 unspecified atom stereocenters. The van der Waals surface area contributed by atoms with E-state index in [2.05, 4.69) is 4.72 Å². The quantitative estimate of drug-likeness (QED) is 0.740. The molecular formula is C20H24N2O4S. The summed E-state index contributed by atoms with van der Waals surface area (Å²) < 4.78 is 32.3. The molecule has 1 N–H and O–H groups in total. The minimum Gasteiger partial charge on any atom is -0.465 e. The van der Waals surface area contributed by atoms with Crippen molar-refractivity contribution >= 4 is 22.0 Å². The minimum atomic E-state index is -3.35. The molecule has 27 heavy (non-hydrogen) atoms. The Morgan fingerprint density at radius 2 is 1.89 bits per heavy atom. The van der Waals surface area contributed by atoms with Crippen molar-refractivity contribution in [2.45, 2.75) is 18.6 Å². The highest BCUT2D eigenvalue weighted by Gasteiger charge is 2.23. The smallest absolute Gasteiger partial charge is 0.246 e. The molecule has 0 saturated carbocycles. The highest BCUT2D eigenvalue weighted by atomic mass is 32.2. The fourth-order valence-electron chi connectivity index (χ4n) is 3.09. The summed E-state index contributed by atoms with van der Waals surface area (Å²) >= 11 is 0. The molecule has 2 aromatic rings. The summed E-state index contributed by atoms with van der Waals surface area (Å²) in [6.45, 7) is 1.68. The molecule has 1 fully saturated rings. The summed E-state index contributed by atoms with van der Waals surface area (Å²) in [7, 11) is -3.35. The van der Waals surface area contributed by atoms with Crippen LogP contribution in [-0.2, 0) is 20.6 Å². The molecule has 1 aliphatic heterocycles. The van der Waals surface area contributed by atoms with Gasteiger partial charge in [0.15, 0.2) is 0 Å². The maximum atomic E-state index is 12.2. The van der Waals surface area contributed by atoms with Crippen LogP contribution in [0.3, 0.4) is 0 Å². The van der Waals surface area contributed by atoms with Crippen molar-refractivity contribution in [2.75, 3.05) is 19.6 Å². The number of piperidine rings is 1. The summed E-state index contributed by atoms with van der Waals surface area (Å²) in [5.41, 5.74) is 0.772. The predicted molar refractivity (Wildman–Crippen MR) is 104 cm³/mol. The van der Waals surface area contributed by atoms with E-state index in [9.17, 15) is 13.2 Å². The van der Waals surface area contributed by atoms with Gasteiger partial charge in [-0.15, -0.1) is 0 Å². The van der Waals surface area contributed by atoms with Crippen LogP contribution in [0, 0.1) is 5.92 Å². The van der Waals surface area contributed by atoms with Gasteiger partial charge in [-0.05, 0) is 42.5 Å². The topological polar surface area (TPSA) is 79.6 Å². The Hall–Kier alpha value is -2.38. The van der Waals surface area contributed by atoms with Gasteiger partial charge < -0.3 is 9.32 Å². The van der Waals surface area contributed by atoms with Crippen LogP contribution in [0.1, 0.15) is 24.2 Å². The van der Waals surface area contributed by atoms with Gasteiger partial charge in [0, 0.05) is 25.7 Å². The molecule has 6 nitrogen and oxygen atoms in total. The molecule has 0 radical (unpaired) electrons. The first-order chi connectivity index (χ1) is 13.0. The number of carbonyl (C=O) groups excluding carboxylic acids is 1. The van der Waals surface area contributed by atoms with E-state index in [1.807, 2.05) is 18.2 Å². The largest absolute Gasteiger partial charge is 0.465 e. The molecule has 1 aliphatic rings. The Kier molecular flexibility index (Phi) is 6.47. The van der Waals surface area contributed by atoms with E-state index < -0.39 is 10.0 Å². The van der Waals surface area contributed by atoms with E-state index in [-0.39, 0.29) is 17.6 Å². The van der Waals surface area contributed by atoms with E-state index >= 15 is 0 Å². The second kappa shape index (κ2) is 9.01. The zero-order valence-corrected chi connectivity index (χ0v) is 15.9. The summed E-state index contributed by atoms with van der Waals surface area (Å²) in [4.78, 5) is 14.0. The van der Waals surface area contributed by atoms with Crippen LogP contribution in [0.15, 0.2) is 59.2 Å². The molecule has 0 atom stereocenters. The van der Waals surface area contributed by atoms with Gasteiger partial charge in [-0.3, -0.25) is 4.79 Å².